The van der Waals surface area contributed by atoms with Crippen LogP contribution in [-0.4, -0.2) is 19.5 Å². The highest BCUT2D eigenvalue weighted by Gasteiger charge is 2.26. The third kappa shape index (κ3) is 2.51. The Morgan fingerprint density at radius 2 is 2.23 bits per heavy atom. The fourth-order valence-electron chi connectivity index (χ4n) is 2.77. The fraction of sp³-hybridized carbons (Fsp3) is 0.375. The van der Waals surface area contributed by atoms with E-state index in [4.69, 9.17) is 11.6 Å². The molecule has 4 rings (SSSR count). The summed E-state index contributed by atoms with van der Waals surface area (Å²) in [5, 5.41) is 4.15. The summed E-state index contributed by atoms with van der Waals surface area (Å²) in [6.45, 7) is 1.45. The van der Waals surface area contributed by atoms with Crippen molar-refractivity contribution in [1.82, 2.24) is 24.8 Å². The van der Waals surface area contributed by atoms with Gasteiger partial charge in [-0.1, -0.05) is 17.7 Å². The van der Waals surface area contributed by atoms with E-state index in [-0.39, 0.29) is 0 Å². The molecule has 1 fully saturated rings. The standard InChI is InChI=1S/C16H18ClN5/c1-22-14(21-13-4-2-3-12(17)15(13)22)9-18-7-11-8-19-16(20-11)10-5-6-10/h2-4,8,10,18H,5-7,9H2,1H3,(H,19,20). The number of H-pyrrole nitrogens is 1. The molecule has 5 nitrogen and oxygen atoms in total. The first-order valence-electron chi connectivity index (χ1n) is 7.56. The molecule has 1 saturated carbocycles. The number of hydrogen-bond donors (Lipinski definition) is 2. The third-order valence-corrected chi connectivity index (χ3v) is 4.45. The number of aromatic nitrogens is 4. The first-order chi connectivity index (χ1) is 10.7. The van der Waals surface area contributed by atoms with Gasteiger partial charge in [-0.25, -0.2) is 9.97 Å². The van der Waals surface area contributed by atoms with E-state index in [0.29, 0.717) is 12.5 Å². The molecule has 0 aliphatic heterocycles. The van der Waals surface area contributed by atoms with Crippen molar-refractivity contribution in [2.24, 2.45) is 7.05 Å². The van der Waals surface area contributed by atoms with Crippen molar-refractivity contribution < 1.29 is 0 Å². The summed E-state index contributed by atoms with van der Waals surface area (Å²) in [6, 6.07) is 5.81. The minimum atomic E-state index is 0.663. The number of nitrogens with one attached hydrogen (secondary N) is 2. The number of benzene rings is 1. The van der Waals surface area contributed by atoms with Crippen LogP contribution in [0.2, 0.25) is 5.02 Å². The molecule has 0 radical (unpaired) electrons. The number of fused-ring (bicyclic) bond motifs is 1. The Morgan fingerprint density at radius 1 is 1.36 bits per heavy atom. The zero-order valence-corrected chi connectivity index (χ0v) is 13.2. The molecule has 0 atom stereocenters. The van der Waals surface area contributed by atoms with Gasteiger partial charge in [0.2, 0.25) is 0 Å². The Bertz CT molecular complexity index is 815. The first kappa shape index (κ1) is 13.8. The first-order valence-corrected chi connectivity index (χ1v) is 7.94. The summed E-state index contributed by atoms with van der Waals surface area (Å²) in [5.74, 6) is 2.77. The number of imidazole rings is 2. The van der Waals surface area contributed by atoms with Crippen molar-refractivity contribution >= 4 is 22.6 Å². The van der Waals surface area contributed by atoms with E-state index in [1.54, 1.807) is 0 Å². The molecule has 6 heteroatoms. The van der Waals surface area contributed by atoms with Crippen LogP contribution < -0.4 is 5.32 Å². The lowest BCUT2D eigenvalue weighted by Crippen LogP contribution is -2.16. The number of aryl methyl sites for hydroxylation is 1. The Kier molecular flexibility index (Phi) is 3.39. The predicted octanol–water partition coefficient (Wildman–Crippen LogP) is 3.12. The van der Waals surface area contributed by atoms with Gasteiger partial charge in [0.1, 0.15) is 11.6 Å². The van der Waals surface area contributed by atoms with Gasteiger partial charge < -0.3 is 14.9 Å². The third-order valence-electron chi connectivity index (χ3n) is 4.15. The summed E-state index contributed by atoms with van der Waals surface area (Å²) in [6.07, 6.45) is 4.45. The lowest BCUT2D eigenvalue weighted by Gasteiger charge is -2.04. The molecule has 22 heavy (non-hydrogen) atoms. The van der Waals surface area contributed by atoms with Crippen LogP contribution in [0.25, 0.3) is 11.0 Å². The second-order valence-electron chi connectivity index (χ2n) is 5.87. The molecule has 0 unspecified atom stereocenters. The van der Waals surface area contributed by atoms with Crippen molar-refractivity contribution in [3.8, 4) is 0 Å². The van der Waals surface area contributed by atoms with Crippen molar-refractivity contribution in [2.75, 3.05) is 0 Å². The lowest BCUT2D eigenvalue weighted by molar-refractivity contribution is 0.635. The average molecular weight is 316 g/mol. The molecule has 0 bridgehead atoms. The summed E-state index contributed by atoms with van der Waals surface area (Å²) >= 11 is 6.25. The quantitative estimate of drug-likeness (QED) is 0.760. The molecular formula is C16H18ClN5. The molecule has 2 heterocycles. The van der Waals surface area contributed by atoms with Gasteiger partial charge >= 0.3 is 0 Å². The largest absolute Gasteiger partial charge is 0.345 e. The van der Waals surface area contributed by atoms with E-state index >= 15 is 0 Å². The SMILES string of the molecule is Cn1c(CNCc2cnc(C3CC3)[nH]2)nc2cccc(Cl)c21. The fourth-order valence-corrected chi connectivity index (χ4v) is 3.06. The van der Waals surface area contributed by atoms with Crippen LogP contribution in [0.5, 0.6) is 0 Å². The topological polar surface area (TPSA) is 58.5 Å². The van der Waals surface area contributed by atoms with E-state index in [2.05, 4.69) is 20.3 Å². The monoisotopic (exact) mass is 315 g/mol. The van der Waals surface area contributed by atoms with Crippen LogP contribution in [0.3, 0.4) is 0 Å². The van der Waals surface area contributed by atoms with E-state index < -0.39 is 0 Å². The molecule has 1 aromatic carbocycles. The molecule has 3 aromatic rings. The lowest BCUT2D eigenvalue weighted by atomic mass is 10.3. The van der Waals surface area contributed by atoms with Gasteiger partial charge in [-0.3, -0.25) is 0 Å². The van der Waals surface area contributed by atoms with Gasteiger partial charge in [0.05, 0.1) is 22.6 Å². The minimum Gasteiger partial charge on any atom is -0.345 e. The Balaban J connectivity index is 1.44. The van der Waals surface area contributed by atoms with Crippen molar-refractivity contribution in [1.29, 1.82) is 0 Å². The van der Waals surface area contributed by atoms with E-state index in [9.17, 15) is 0 Å². The maximum atomic E-state index is 6.25. The summed E-state index contributed by atoms with van der Waals surface area (Å²) in [5.41, 5.74) is 3.04. The normalized spacial score (nSPS) is 14.8. The molecular weight excluding hydrogens is 298 g/mol. The Labute approximate surface area is 133 Å². The Hall–Kier alpha value is -1.85. The van der Waals surface area contributed by atoms with Crippen LogP contribution >= 0.6 is 11.6 Å². The number of nitrogens with zero attached hydrogens (tertiary/aromatic N) is 3. The van der Waals surface area contributed by atoms with Crippen molar-refractivity contribution in [2.45, 2.75) is 31.8 Å². The average Bonchev–Trinajstić information content (AvgIpc) is 3.16. The van der Waals surface area contributed by atoms with E-state index in [1.165, 1.54) is 12.8 Å². The van der Waals surface area contributed by atoms with Crippen LogP contribution in [0, 0.1) is 0 Å². The zero-order valence-electron chi connectivity index (χ0n) is 12.4. The molecule has 2 aromatic heterocycles. The second-order valence-corrected chi connectivity index (χ2v) is 6.27. The smallest absolute Gasteiger partial charge is 0.123 e. The maximum absolute atomic E-state index is 6.25. The number of halogens is 1. The van der Waals surface area contributed by atoms with Crippen LogP contribution in [0.4, 0.5) is 0 Å². The molecule has 1 aliphatic carbocycles. The molecule has 1 aliphatic rings. The van der Waals surface area contributed by atoms with Crippen LogP contribution in [0.1, 0.15) is 36.1 Å². The molecule has 0 spiro atoms. The van der Waals surface area contributed by atoms with E-state index in [0.717, 1.165) is 39.9 Å². The van der Waals surface area contributed by atoms with Gasteiger partial charge in [-0.15, -0.1) is 0 Å². The summed E-state index contributed by atoms with van der Waals surface area (Å²) in [7, 11) is 2.00. The minimum absolute atomic E-state index is 0.663. The van der Waals surface area contributed by atoms with Crippen molar-refractivity contribution in [3.05, 3.63) is 46.8 Å². The number of para-hydroxylation sites is 1. The molecule has 114 valence electrons. The highest BCUT2D eigenvalue weighted by atomic mass is 35.5. The highest BCUT2D eigenvalue weighted by molar-refractivity contribution is 6.35. The Morgan fingerprint density at radius 3 is 3.00 bits per heavy atom. The van der Waals surface area contributed by atoms with E-state index in [1.807, 2.05) is 36.0 Å². The zero-order chi connectivity index (χ0) is 15.1. The van der Waals surface area contributed by atoms with Gasteiger partial charge in [-0.2, -0.15) is 0 Å². The van der Waals surface area contributed by atoms with Crippen LogP contribution in [0.15, 0.2) is 24.4 Å². The molecule has 0 saturated heterocycles. The molecule has 0 amide bonds. The summed E-state index contributed by atoms with van der Waals surface area (Å²) in [4.78, 5) is 12.5. The van der Waals surface area contributed by atoms with Gasteiger partial charge in [0.15, 0.2) is 0 Å². The second kappa shape index (κ2) is 5.41. The van der Waals surface area contributed by atoms with Gasteiger partial charge in [0, 0.05) is 31.4 Å². The maximum Gasteiger partial charge on any atom is 0.123 e. The van der Waals surface area contributed by atoms with Crippen molar-refractivity contribution in [3.63, 3.8) is 0 Å². The summed E-state index contributed by atoms with van der Waals surface area (Å²) < 4.78 is 2.05. The predicted molar refractivity (Wildman–Crippen MR) is 86.8 cm³/mol. The highest BCUT2D eigenvalue weighted by Crippen LogP contribution is 2.38. The number of rotatable bonds is 5. The number of aromatic amines is 1. The molecule has 2 N–H and O–H groups in total. The van der Waals surface area contributed by atoms with Crippen LogP contribution in [-0.2, 0) is 20.1 Å². The van der Waals surface area contributed by atoms with Gasteiger partial charge in [-0.05, 0) is 25.0 Å². The number of hydrogen-bond acceptors (Lipinski definition) is 3. The van der Waals surface area contributed by atoms with Gasteiger partial charge in [0.25, 0.3) is 0 Å².